The van der Waals surface area contributed by atoms with Gasteiger partial charge >= 0.3 is 5.97 Å². The molecule has 0 fully saturated rings. The minimum Gasteiger partial charge on any atom is -0.469 e. The maximum atomic E-state index is 10.8. The molecular weight excluding hydrogens is 200 g/mol. The highest BCUT2D eigenvalue weighted by Gasteiger charge is 2.07. The molecule has 1 rings (SSSR count). The molecule has 1 N–H and O–H groups in total. The fourth-order valence-corrected chi connectivity index (χ4v) is 1.31. The Balaban J connectivity index is 0.000000500. The molecule has 0 amide bonds. The van der Waals surface area contributed by atoms with Gasteiger partial charge in [0.1, 0.15) is 0 Å². The third-order valence-electron chi connectivity index (χ3n) is 1.38. The van der Waals surface area contributed by atoms with E-state index in [4.69, 9.17) is 0 Å². The lowest BCUT2D eigenvalue weighted by Crippen LogP contribution is -2.05. The molecule has 0 unspecified atom stereocenters. The Kier molecular flexibility index (Phi) is 6.96. The first-order chi connectivity index (χ1) is 6.65. The van der Waals surface area contributed by atoms with Crippen molar-refractivity contribution in [3.05, 3.63) is 16.1 Å². The largest absolute Gasteiger partial charge is 0.469 e. The van der Waals surface area contributed by atoms with E-state index in [0.29, 0.717) is 0 Å². The molecule has 0 radical (unpaired) electrons. The van der Waals surface area contributed by atoms with Gasteiger partial charge in [-0.1, -0.05) is 0 Å². The van der Waals surface area contributed by atoms with Gasteiger partial charge in [0.05, 0.1) is 24.7 Å². The number of methoxy groups -OCH3 is 1. The Morgan fingerprint density at radius 3 is 2.57 bits per heavy atom. The SMILES string of the molecule is CNC.COC(=O)Cc1ncsc1C. The molecule has 4 nitrogen and oxygen atoms in total. The number of nitrogens with one attached hydrogen (secondary N) is 1. The van der Waals surface area contributed by atoms with E-state index >= 15 is 0 Å². The summed E-state index contributed by atoms with van der Waals surface area (Å²) in [5.41, 5.74) is 2.55. The van der Waals surface area contributed by atoms with Crippen molar-refractivity contribution in [3.63, 3.8) is 0 Å². The number of hydrogen-bond donors (Lipinski definition) is 1. The van der Waals surface area contributed by atoms with Crippen LogP contribution in [0.5, 0.6) is 0 Å². The highest BCUT2D eigenvalue weighted by atomic mass is 32.1. The van der Waals surface area contributed by atoms with Crippen LogP contribution in [-0.2, 0) is 16.0 Å². The molecule has 0 spiro atoms. The molecule has 14 heavy (non-hydrogen) atoms. The Bertz CT molecular complexity index is 274. The number of aromatic nitrogens is 1. The summed E-state index contributed by atoms with van der Waals surface area (Å²) in [5.74, 6) is -0.237. The van der Waals surface area contributed by atoms with Crippen LogP contribution in [0.1, 0.15) is 10.6 Å². The van der Waals surface area contributed by atoms with Gasteiger partial charge in [-0.25, -0.2) is 4.98 Å². The van der Waals surface area contributed by atoms with E-state index in [1.807, 2.05) is 21.0 Å². The van der Waals surface area contributed by atoms with Crippen molar-refractivity contribution >= 4 is 17.3 Å². The number of carbonyl (C=O) groups excluding carboxylic acids is 1. The second-order valence-corrected chi connectivity index (χ2v) is 3.67. The van der Waals surface area contributed by atoms with Crippen molar-refractivity contribution < 1.29 is 9.53 Å². The van der Waals surface area contributed by atoms with Crippen LogP contribution in [0.15, 0.2) is 5.51 Å². The summed E-state index contributed by atoms with van der Waals surface area (Å²) in [7, 11) is 5.13. The summed E-state index contributed by atoms with van der Waals surface area (Å²) in [5, 5.41) is 2.75. The van der Waals surface area contributed by atoms with Crippen LogP contribution in [0.25, 0.3) is 0 Å². The number of nitrogens with zero attached hydrogens (tertiary/aromatic N) is 1. The van der Waals surface area contributed by atoms with Crippen LogP contribution in [-0.4, -0.2) is 32.2 Å². The van der Waals surface area contributed by atoms with E-state index in [2.05, 4.69) is 15.0 Å². The molecule has 0 bridgehead atoms. The number of ether oxygens (including phenoxy) is 1. The summed E-state index contributed by atoms with van der Waals surface area (Å²) >= 11 is 1.54. The van der Waals surface area contributed by atoms with Gasteiger partial charge in [-0.05, 0) is 21.0 Å². The lowest BCUT2D eigenvalue weighted by Gasteiger charge is -1.95. The van der Waals surface area contributed by atoms with Crippen molar-refractivity contribution in [2.24, 2.45) is 0 Å². The number of thiazole rings is 1. The van der Waals surface area contributed by atoms with E-state index < -0.39 is 0 Å². The lowest BCUT2D eigenvalue weighted by atomic mass is 10.3. The van der Waals surface area contributed by atoms with E-state index in [1.165, 1.54) is 18.4 Å². The number of rotatable bonds is 2. The van der Waals surface area contributed by atoms with Crippen LogP contribution in [0.2, 0.25) is 0 Å². The number of carbonyl (C=O) groups is 1. The van der Waals surface area contributed by atoms with Crippen molar-refractivity contribution in [3.8, 4) is 0 Å². The zero-order valence-corrected chi connectivity index (χ0v) is 9.77. The van der Waals surface area contributed by atoms with Crippen molar-refractivity contribution in [2.75, 3.05) is 21.2 Å². The average molecular weight is 216 g/mol. The third kappa shape index (κ3) is 4.94. The molecule has 0 saturated carbocycles. The first kappa shape index (κ1) is 13.1. The molecule has 1 aromatic rings. The molecule has 0 saturated heterocycles. The van der Waals surface area contributed by atoms with Gasteiger partial charge in [0, 0.05) is 4.88 Å². The highest BCUT2D eigenvalue weighted by molar-refractivity contribution is 7.09. The first-order valence-corrected chi connectivity index (χ1v) is 5.07. The van der Waals surface area contributed by atoms with Crippen LogP contribution in [0.4, 0.5) is 0 Å². The van der Waals surface area contributed by atoms with E-state index in [-0.39, 0.29) is 12.4 Å². The Labute approximate surface area is 88.3 Å². The molecular formula is C9H16N2O2S. The standard InChI is InChI=1S/C7H9NO2S.C2H7N/c1-5-6(8-4-11-5)3-7(9)10-2;1-3-2/h4H,3H2,1-2H3;3H,1-2H3. The second kappa shape index (κ2) is 7.46. The number of esters is 1. The summed E-state index contributed by atoms with van der Waals surface area (Å²) in [6, 6.07) is 0. The fourth-order valence-electron chi connectivity index (χ4n) is 0.707. The average Bonchev–Trinajstić information content (AvgIpc) is 2.53. The van der Waals surface area contributed by atoms with Gasteiger partial charge in [-0.3, -0.25) is 4.79 Å². The minimum absolute atomic E-state index is 0.237. The van der Waals surface area contributed by atoms with Gasteiger partial charge in [-0.2, -0.15) is 0 Å². The molecule has 1 aromatic heterocycles. The maximum absolute atomic E-state index is 10.8. The summed E-state index contributed by atoms with van der Waals surface area (Å²) in [4.78, 5) is 15.9. The summed E-state index contributed by atoms with van der Waals surface area (Å²) < 4.78 is 4.50. The maximum Gasteiger partial charge on any atom is 0.311 e. The second-order valence-electron chi connectivity index (χ2n) is 2.61. The van der Waals surface area contributed by atoms with Crippen molar-refractivity contribution in [1.29, 1.82) is 0 Å². The minimum atomic E-state index is -0.237. The topological polar surface area (TPSA) is 51.2 Å². The Morgan fingerprint density at radius 2 is 2.21 bits per heavy atom. The van der Waals surface area contributed by atoms with Crippen LogP contribution < -0.4 is 5.32 Å². The molecule has 5 heteroatoms. The molecule has 0 aliphatic rings. The molecule has 0 aromatic carbocycles. The van der Waals surface area contributed by atoms with Crippen LogP contribution >= 0.6 is 11.3 Å². The van der Waals surface area contributed by atoms with Gasteiger partial charge in [0.25, 0.3) is 0 Å². The third-order valence-corrected chi connectivity index (χ3v) is 2.18. The monoisotopic (exact) mass is 216 g/mol. The van der Waals surface area contributed by atoms with Gasteiger partial charge in [0.15, 0.2) is 0 Å². The summed E-state index contributed by atoms with van der Waals surface area (Å²) in [6.07, 6.45) is 0.284. The molecule has 1 heterocycles. The molecule has 0 atom stereocenters. The van der Waals surface area contributed by atoms with Gasteiger partial charge < -0.3 is 10.1 Å². The molecule has 80 valence electrons. The van der Waals surface area contributed by atoms with Gasteiger partial charge in [0.2, 0.25) is 0 Å². The first-order valence-electron chi connectivity index (χ1n) is 4.20. The molecule has 0 aliphatic carbocycles. The normalized spacial score (nSPS) is 8.86. The van der Waals surface area contributed by atoms with Gasteiger partial charge in [-0.15, -0.1) is 11.3 Å². The quantitative estimate of drug-likeness (QED) is 0.749. The predicted molar refractivity (Wildman–Crippen MR) is 57.6 cm³/mol. The highest BCUT2D eigenvalue weighted by Crippen LogP contribution is 2.11. The smallest absolute Gasteiger partial charge is 0.311 e. The van der Waals surface area contributed by atoms with E-state index in [9.17, 15) is 4.79 Å². The predicted octanol–water partition coefficient (Wildman–Crippen LogP) is 1.00. The number of aryl methyl sites for hydroxylation is 1. The zero-order chi connectivity index (χ0) is 11.0. The van der Waals surface area contributed by atoms with Crippen molar-refractivity contribution in [1.82, 2.24) is 10.3 Å². The van der Waals surface area contributed by atoms with Crippen molar-refractivity contribution in [2.45, 2.75) is 13.3 Å². The van der Waals surface area contributed by atoms with Crippen LogP contribution in [0.3, 0.4) is 0 Å². The zero-order valence-electron chi connectivity index (χ0n) is 8.96. The Hall–Kier alpha value is -0.940. The van der Waals surface area contributed by atoms with E-state index in [1.54, 1.807) is 5.51 Å². The van der Waals surface area contributed by atoms with E-state index in [0.717, 1.165) is 10.6 Å². The molecule has 0 aliphatic heterocycles. The lowest BCUT2D eigenvalue weighted by molar-refractivity contribution is -0.139. The fraction of sp³-hybridized carbons (Fsp3) is 0.556. The van der Waals surface area contributed by atoms with Crippen LogP contribution in [0, 0.1) is 6.92 Å². The number of hydrogen-bond acceptors (Lipinski definition) is 5. The Morgan fingerprint density at radius 1 is 1.64 bits per heavy atom. The summed E-state index contributed by atoms with van der Waals surface area (Å²) in [6.45, 7) is 1.94.